The standard InChI is InChI=1S/C21H26BrNO5/c1-4-5-16-19(7-6-15(13(3)24)21(16)26)27-10-14(25)11-28-20-9-18(23)12(2)8-17(20)22/h6-9,14,25-26H,4-5,10-11,23H2,1-3H3. The van der Waals surface area contributed by atoms with Crippen molar-refractivity contribution in [3.8, 4) is 17.2 Å². The highest BCUT2D eigenvalue weighted by Crippen LogP contribution is 2.33. The summed E-state index contributed by atoms with van der Waals surface area (Å²) in [6, 6.07) is 6.72. The van der Waals surface area contributed by atoms with Gasteiger partial charge in [0.05, 0.1) is 10.0 Å². The number of aromatic hydroxyl groups is 1. The van der Waals surface area contributed by atoms with Crippen LogP contribution in [0.15, 0.2) is 28.7 Å². The van der Waals surface area contributed by atoms with Crippen LogP contribution in [0.4, 0.5) is 5.69 Å². The zero-order chi connectivity index (χ0) is 20.8. The normalized spacial score (nSPS) is 11.9. The Morgan fingerprint density at radius 1 is 1.21 bits per heavy atom. The molecule has 7 heteroatoms. The SMILES string of the molecule is CCCc1c(OCC(O)COc2cc(N)c(C)cc2Br)ccc(C(C)=O)c1O. The number of anilines is 1. The van der Waals surface area contributed by atoms with E-state index in [4.69, 9.17) is 15.2 Å². The number of rotatable bonds is 9. The lowest BCUT2D eigenvalue weighted by molar-refractivity contribution is 0.0619. The molecule has 2 aromatic rings. The maximum Gasteiger partial charge on any atom is 0.163 e. The number of nitrogen functional groups attached to an aromatic ring is 1. The van der Waals surface area contributed by atoms with E-state index in [1.54, 1.807) is 12.1 Å². The number of ketones is 1. The summed E-state index contributed by atoms with van der Waals surface area (Å²) < 4.78 is 12.1. The number of Topliss-reactive ketones (excluding diaryl/α,β-unsaturated/α-hetero) is 1. The molecule has 0 aliphatic rings. The van der Waals surface area contributed by atoms with E-state index < -0.39 is 6.10 Å². The number of aliphatic hydroxyl groups is 1. The van der Waals surface area contributed by atoms with Gasteiger partial charge in [-0.1, -0.05) is 13.3 Å². The Morgan fingerprint density at radius 3 is 2.46 bits per heavy atom. The van der Waals surface area contributed by atoms with E-state index in [1.165, 1.54) is 13.0 Å². The zero-order valence-corrected chi connectivity index (χ0v) is 17.9. The fraction of sp³-hybridized carbons (Fsp3) is 0.381. The summed E-state index contributed by atoms with van der Waals surface area (Å²) in [4.78, 5) is 11.6. The Kier molecular flexibility index (Phi) is 7.71. The third-order valence-corrected chi connectivity index (χ3v) is 4.92. The maximum atomic E-state index is 11.6. The number of carbonyl (C=O) groups is 1. The fourth-order valence-electron chi connectivity index (χ4n) is 2.73. The van der Waals surface area contributed by atoms with Crippen LogP contribution in [0.5, 0.6) is 17.2 Å². The van der Waals surface area contributed by atoms with Gasteiger partial charge >= 0.3 is 0 Å². The second kappa shape index (κ2) is 9.80. The lowest BCUT2D eigenvalue weighted by Gasteiger charge is -2.18. The van der Waals surface area contributed by atoms with Gasteiger partial charge in [0.25, 0.3) is 0 Å². The Bertz CT molecular complexity index is 853. The smallest absolute Gasteiger partial charge is 0.163 e. The maximum absolute atomic E-state index is 11.6. The van der Waals surface area contributed by atoms with Crippen molar-refractivity contribution in [2.24, 2.45) is 0 Å². The fourth-order valence-corrected chi connectivity index (χ4v) is 3.30. The molecule has 4 N–H and O–H groups in total. The van der Waals surface area contributed by atoms with Crippen LogP contribution in [-0.4, -0.2) is 35.3 Å². The number of aliphatic hydroxyl groups excluding tert-OH is 1. The van der Waals surface area contributed by atoms with E-state index in [2.05, 4.69) is 15.9 Å². The first-order valence-corrected chi connectivity index (χ1v) is 9.88. The van der Waals surface area contributed by atoms with Crippen LogP contribution in [0.1, 0.15) is 41.8 Å². The van der Waals surface area contributed by atoms with Gasteiger partial charge in [0, 0.05) is 17.3 Å². The number of halogens is 1. The van der Waals surface area contributed by atoms with Crippen molar-refractivity contribution in [1.29, 1.82) is 0 Å². The van der Waals surface area contributed by atoms with Crippen LogP contribution in [0.25, 0.3) is 0 Å². The third-order valence-electron chi connectivity index (χ3n) is 4.30. The number of benzene rings is 2. The van der Waals surface area contributed by atoms with Crippen LogP contribution in [0, 0.1) is 6.92 Å². The molecule has 152 valence electrons. The molecule has 0 aliphatic carbocycles. The van der Waals surface area contributed by atoms with Gasteiger partial charge in [-0.15, -0.1) is 0 Å². The lowest BCUT2D eigenvalue weighted by Crippen LogP contribution is -2.25. The molecule has 0 amide bonds. The number of phenols is 1. The molecule has 2 aromatic carbocycles. The molecule has 0 heterocycles. The average Bonchev–Trinajstić information content (AvgIpc) is 2.63. The molecule has 0 radical (unpaired) electrons. The summed E-state index contributed by atoms with van der Waals surface area (Å²) in [7, 11) is 0. The highest BCUT2D eigenvalue weighted by atomic mass is 79.9. The third kappa shape index (κ3) is 5.39. The number of hydrogen-bond acceptors (Lipinski definition) is 6. The first kappa shape index (κ1) is 22.0. The quantitative estimate of drug-likeness (QED) is 0.393. The van der Waals surface area contributed by atoms with Gasteiger partial charge in [-0.3, -0.25) is 4.79 Å². The van der Waals surface area contributed by atoms with E-state index in [-0.39, 0.29) is 30.3 Å². The molecule has 0 fully saturated rings. The predicted octanol–water partition coefficient (Wildman–Crippen LogP) is 4.02. The van der Waals surface area contributed by atoms with Crippen LogP contribution in [-0.2, 0) is 6.42 Å². The van der Waals surface area contributed by atoms with E-state index in [0.717, 1.165) is 16.5 Å². The van der Waals surface area contributed by atoms with Crippen molar-refractivity contribution in [1.82, 2.24) is 0 Å². The molecule has 0 bridgehead atoms. The summed E-state index contributed by atoms with van der Waals surface area (Å²) in [5, 5.41) is 20.6. The second-order valence-electron chi connectivity index (χ2n) is 6.66. The molecule has 0 aromatic heterocycles. The van der Waals surface area contributed by atoms with E-state index >= 15 is 0 Å². The number of hydrogen-bond donors (Lipinski definition) is 3. The Morgan fingerprint density at radius 2 is 1.86 bits per heavy atom. The molecular formula is C21H26BrNO5. The van der Waals surface area contributed by atoms with Gasteiger partial charge in [0.2, 0.25) is 0 Å². The van der Waals surface area contributed by atoms with Crippen molar-refractivity contribution in [3.05, 3.63) is 45.4 Å². The zero-order valence-electron chi connectivity index (χ0n) is 16.3. The van der Waals surface area contributed by atoms with Gasteiger partial charge in [0.15, 0.2) is 5.78 Å². The van der Waals surface area contributed by atoms with Crippen LogP contribution in [0.2, 0.25) is 0 Å². The Labute approximate surface area is 173 Å². The molecule has 28 heavy (non-hydrogen) atoms. The lowest BCUT2D eigenvalue weighted by atomic mass is 10.0. The molecule has 1 unspecified atom stereocenters. The summed E-state index contributed by atoms with van der Waals surface area (Å²) in [6.45, 7) is 5.27. The van der Waals surface area contributed by atoms with Crippen LogP contribution >= 0.6 is 15.9 Å². The molecule has 0 saturated carbocycles. The van der Waals surface area contributed by atoms with Crippen LogP contribution < -0.4 is 15.2 Å². The predicted molar refractivity (Wildman–Crippen MR) is 112 cm³/mol. The van der Waals surface area contributed by atoms with Crippen LogP contribution in [0.3, 0.4) is 0 Å². The van der Waals surface area contributed by atoms with Crippen molar-refractivity contribution in [2.45, 2.75) is 39.7 Å². The molecular weight excluding hydrogens is 426 g/mol. The number of nitrogens with two attached hydrogens (primary N) is 1. The van der Waals surface area contributed by atoms with Gasteiger partial charge in [-0.2, -0.15) is 0 Å². The van der Waals surface area contributed by atoms with Crippen molar-refractivity contribution < 1.29 is 24.5 Å². The highest BCUT2D eigenvalue weighted by Gasteiger charge is 2.17. The van der Waals surface area contributed by atoms with E-state index in [0.29, 0.717) is 29.2 Å². The summed E-state index contributed by atoms with van der Waals surface area (Å²) >= 11 is 3.41. The molecule has 0 spiro atoms. The van der Waals surface area contributed by atoms with Gasteiger partial charge in [0.1, 0.15) is 36.6 Å². The Balaban J connectivity index is 2.02. The first-order chi connectivity index (χ1) is 13.2. The monoisotopic (exact) mass is 451 g/mol. The topological polar surface area (TPSA) is 102 Å². The Hall–Kier alpha value is -2.25. The van der Waals surface area contributed by atoms with Gasteiger partial charge < -0.3 is 25.4 Å². The van der Waals surface area contributed by atoms with Crippen molar-refractivity contribution >= 4 is 27.4 Å². The number of carbonyl (C=O) groups excluding carboxylic acids is 1. The molecule has 0 saturated heterocycles. The van der Waals surface area contributed by atoms with Crippen molar-refractivity contribution in [2.75, 3.05) is 18.9 Å². The van der Waals surface area contributed by atoms with Gasteiger partial charge in [-0.25, -0.2) is 0 Å². The first-order valence-electron chi connectivity index (χ1n) is 9.09. The second-order valence-corrected chi connectivity index (χ2v) is 7.51. The summed E-state index contributed by atoms with van der Waals surface area (Å²) in [6.07, 6.45) is 0.447. The van der Waals surface area contributed by atoms with E-state index in [1.807, 2.05) is 19.9 Å². The summed E-state index contributed by atoms with van der Waals surface area (Å²) in [5.41, 5.74) is 8.26. The largest absolute Gasteiger partial charge is 0.507 e. The minimum atomic E-state index is -0.890. The number of aryl methyl sites for hydroxylation is 1. The minimum absolute atomic E-state index is 0.0156. The van der Waals surface area contributed by atoms with E-state index in [9.17, 15) is 15.0 Å². The summed E-state index contributed by atoms with van der Waals surface area (Å²) in [5.74, 6) is 0.718. The minimum Gasteiger partial charge on any atom is -0.507 e. The highest BCUT2D eigenvalue weighted by molar-refractivity contribution is 9.10. The van der Waals surface area contributed by atoms with Crippen molar-refractivity contribution in [3.63, 3.8) is 0 Å². The molecule has 2 rings (SSSR count). The molecule has 0 aliphatic heterocycles. The van der Waals surface area contributed by atoms with Gasteiger partial charge in [-0.05, 0) is 60.0 Å². The molecule has 6 nitrogen and oxygen atoms in total. The number of ether oxygens (including phenoxy) is 2. The molecule has 1 atom stereocenters. The average molecular weight is 452 g/mol. The number of phenolic OH excluding ortho intramolecular Hbond substituents is 1.